The van der Waals surface area contributed by atoms with E-state index in [0.29, 0.717) is 13.0 Å². The minimum atomic E-state index is 0.114. The zero-order valence-electron chi connectivity index (χ0n) is 11.7. The topological polar surface area (TPSA) is 54.1 Å². The molecule has 4 nitrogen and oxygen atoms in total. The van der Waals surface area contributed by atoms with E-state index in [1.165, 1.54) is 10.9 Å². The molecule has 2 aromatic rings. The minimum absolute atomic E-state index is 0.114. The molecule has 0 unspecified atom stereocenters. The van der Waals surface area contributed by atoms with Crippen LogP contribution in [0.15, 0.2) is 30.5 Å². The number of nitrogens with one attached hydrogen (secondary N) is 2. The van der Waals surface area contributed by atoms with Crippen LogP contribution in [0, 0.1) is 5.41 Å². The molecule has 0 aliphatic carbocycles. The molecule has 1 saturated heterocycles. The van der Waals surface area contributed by atoms with Crippen molar-refractivity contribution in [3.8, 4) is 0 Å². The molecule has 0 atom stereocenters. The number of aromatic amines is 1. The van der Waals surface area contributed by atoms with E-state index in [0.717, 1.165) is 25.2 Å². The first-order valence-corrected chi connectivity index (χ1v) is 7.06. The number of H-pyrrole nitrogens is 1. The summed E-state index contributed by atoms with van der Waals surface area (Å²) in [7, 11) is 0. The summed E-state index contributed by atoms with van der Waals surface area (Å²) >= 11 is 0. The maximum atomic E-state index is 11.9. The Hall–Kier alpha value is -1.81. The van der Waals surface area contributed by atoms with E-state index in [9.17, 15) is 4.79 Å². The van der Waals surface area contributed by atoms with Crippen molar-refractivity contribution < 1.29 is 9.53 Å². The van der Waals surface area contributed by atoms with Crippen LogP contribution in [0.1, 0.15) is 18.9 Å². The number of aryl methyl sites for hydroxylation is 1. The molecule has 1 aliphatic heterocycles. The number of amides is 1. The molecule has 0 saturated carbocycles. The summed E-state index contributed by atoms with van der Waals surface area (Å²) in [6, 6.07) is 8.18. The zero-order chi connectivity index (χ0) is 14.0. The second-order valence-electron chi connectivity index (χ2n) is 5.94. The average molecular weight is 272 g/mol. The smallest absolute Gasteiger partial charge is 0.220 e. The first kappa shape index (κ1) is 13.2. The number of benzene rings is 1. The highest BCUT2D eigenvalue weighted by atomic mass is 16.5. The predicted molar refractivity (Wildman–Crippen MR) is 78.6 cm³/mol. The molecule has 106 valence electrons. The highest BCUT2D eigenvalue weighted by Gasteiger charge is 2.33. The Morgan fingerprint density at radius 1 is 1.40 bits per heavy atom. The Labute approximate surface area is 118 Å². The number of carbonyl (C=O) groups is 1. The summed E-state index contributed by atoms with van der Waals surface area (Å²) in [4.78, 5) is 15.1. The van der Waals surface area contributed by atoms with E-state index in [1.54, 1.807) is 0 Å². The summed E-state index contributed by atoms with van der Waals surface area (Å²) in [5, 5.41) is 4.21. The Morgan fingerprint density at radius 2 is 2.20 bits per heavy atom. The third kappa shape index (κ3) is 2.70. The van der Waals surface area contributed by atoms with Crippen molar-refractivity contribution in [3.05, 3.63) is 36.0 Å². The van der Waals surface area contributed by atoms with Gasteiger partial charge >= 0.3 is 0 Å². The molecule has 0 bridgehead atoms. The third-order valence-electron chi connectivity index (χ3n) is 3.91. The SMILES string of the molecule is CC1(CNC(=O)CCc2c[nH]c3ccccc23)COC1. The summed E-state index contributed by atoms with van der Waals surface area (Å²) in [6.45, 7) is 4.33. The van der Waals surface area contributed by atoms with Gasteiger partial charge in [-0.05, 0) is 18.1 Å². The number of ether oxygens (including phenoxy) is 1. The summed E-state index contributed by atoms with van der Waals surface area (Å²) in [5.41, 5.74) is 2.46. The molecule has 1 aromatic carbocycles. The minimum Gasteiger partial charge on any atom is -0.380 e. The Balaban J connectivity index is 1.52. The van der Waals surface area contributed by atoms with E-state index in [4.69, 9.17) is 4.74 Å². The maximum absolute atomic E-state index is 11.9. The van der Waals surface area contributed by atoms with E-state index < -0.39 is 0 Å². The molecule has 20 heavy (non-hydrogen) atoms. The molecule has 1 amide bonds. The zero-order valence-corrected chi connectivity index (χ0v) is 11.7. The molecular formula is C16H20N2O2. The first-order valence-electron chi connectivity index (χ1n) is 7.06. The first-order chi connectivity index (χ1) is 9.66. The summed E-state index contributed by atoms with van der Waals surface area (Å²) in [5.74, 6) is 0.114. The van der Waals surface area contributed by atoms with Crippen molar-refractivity contribution in [1.29, 1.82) is 0 Å². The number of rotatable bonds is 5. The molecule has 0 radical (unpaired) electrons. The average Bonchev–Trinajstić information content (AvgIpc) is 2.84. The predicted octanol–water partition coefficient (Wildman–Crippen LogP) is 2.25. The second kappa shape index (κ2) is 5.29. The Kier molecular flexibility index (Phi) is 3.49. The van der Waals surface area contributed by atoms with E-state index in [1.807, 2.05) is 18.3 Å². The quantitative estimate of drug-likeness (QED) is 0.877. The molecule has 1 aromatic heterocycles. The number of hydrogen-bond acceptors (Lipinski definition) is 2. The van der Waals surface area contributed by atoms with Gasteiger partial charge in [-0.2, -0.15) is 0 Å². The van der Waals surface area contributed by atoms with Crippen LogP contribution >= 0.6 is 0 Å². The van der Waals surface area contributed by atoms with Crippen LogP contribution in [0.5, 0.6) is 0 Å². The molecule has 2 heterocycles. The molecule has 2 N–H and O–H groups in total. The molecular weight excluding hydrogens is 252 g/mol. The van der Waals surface area contributed by atoms with Crippen LogP contribution < -0.4 is 5.32 Å². The number of aromatic nitrogens is 1. The molecule has 1 fully saturated rings. The van der Waals surface area contributed by atoms with Crippen LogP contribution in [0.2, 0.25) is 0 Å². The van der Waals surface area contributed by atoms with Gasteiger partial charge in [0, 0.05) is 35.5 Å². The lowest BCUT2D eigenvalue weighted by Gasteiger charge is -2.38. The number of para-hydroxylation sites is 1. The van der Waals surface area contributed by atoms with Gasteiger partial charge in [-0.1, -0.05) is 25.1 Å². The van der Waals surface area contributed by atoms with Gasteiger partial charge in [0.1, 0.15) is 0 Å². The van der Waals surface area contributed by atoms with Gasteiger partial charge in [-0.25, -0.2) is 0 Å². The monoisotopic (exact) mass is 272 g/mol. The van der Waals surface area contributed by atoms with Crippen LogP contribution in [0.4, 0.5) is 0 Å². The van der Waals surface area contributed by atoms with Crippen molar-refractivity contribution in [1.82, 2.24) is 10.3 Å². The highest BCUT2D eigenvalue weighted by molar-refractivity contribution is 5.84. The van der Waals surface area contributed by atoms with Gasteiger partial charge in [0.05, 0.1) is 13.2 Å². The van der Waals surface area contributed by atoms with Crippen LogP contribution in [-0.2, 0) is 16.0 Å². The van der Waals surface area contributed by atoms with Crippen LogP contribution in [0.25, 0.3) is 10.9 Å². The van der Waals surface area contributed by atoms with Gasteiger partial charge in [0.25, 0.3) is 0 Å². The lowest BCUT2D eigenvalue weighted by atomic mass is 9.89. The Morgan fingerprint density at radius 3 is 2.95 bits per heavy atom. The Bertz CT molecular complexity index is 614. The van der Waals surface area contributed by atoms with Gasteiger partial charge in [0.2, 0.25) is 5.91 Å². The van der Waals surface area contributed by atoms with Crippen molar-refractivity contribution in [3.63, 3.8) is 0 Å². The van der Waals surface area contributed by atoms with Crippen LogP contribution in [0.3, 0.4) is 0 Å². The van der Waals surface area contributed by atoms with Gasteiger partial charge in [0.15, 0.2) is 0 Å². The fourth-order valence-corrected chi connectivity index (χ4v) is 2.54. The van der Waals surface area contributed by atoms with Gasteiger partial charge in [-0.15, -0.1) is 0 Å². The number of hydrogen-bond donors (Lipinski definition) is 2. The summed E-state index contributed by atoms with van der Waals surface area (Å²) < 4.78 is 5.18. The standard InChI is InChI=1S/C16H20N2O2/c1-16(10-20-11-16)9-18-15(19)7-6-12-8-17-14-5-3-2-4-13(12)14/h2-5,8,17H,6-7,9-11H2,1H3,(H,18,19). The van der Waals surface area contributed by atoms with Gasteiger partial charge < -0.3 is 15.0 Å². The number of carbonyl (C=O) groups excluding carboxylic acids is 1. The third-order valence-corrected chi connectivity index (χ3v) is 3.91. The molecule has 1 aliphatic rings. The van der Waals surface area contributed by atoms with Crippen molar-refractivity contribution in [2.45, 2.75) is 19.8 Å². The molecule has 4 heteroatoms. The van der Waals surface area contributed by atoms with E-state index in [-0.39, 0.29) is 11.3 Å². The fraction of sp³-hybridized carbons (Fsp3) is 0.438. The van der Waals surface area contributed by atoms with Crippen molar-refractivity contribution >= 4 is 16.8 Å². The second-order valence-corrected chi connectivity index (χ2v) is 5.94. The normalized spacial score (nSPS) is 16.9. The lowest BCUT2D eigenvalue weighted by molar-refractivity contribution is -0.126. The number of fused-ring (bicyclic) bond motifs is 1. The fourth-order valence-electron chi connectivity index (χ4n) is 2.54. The molecule has 0 spiro atoms. The molecule has 3 rings (SSSR count). The summed E-state index contributed by atoms with van der Waals surface area (Å²) in [6.07, 6.45) is 3.29. The van der Waals surface area contributed by atoms with Crippen LogP contribution in [-0.4, -0.2) is 30.6 Å². The van der Waals surface area contributed by atoms with Crippen molar-refractivity contribution in [2.24, 2.45) is 5.41 Å². The van der Waals surface area contributed by atoms with Crippen molar-refractivity contribution in [2.75, 3.05) is 19.8 Å². The largest absolute Gasteiger partial charge is 0.380 e. The van der Waals surface area contributed by atoms with E-state index in [2.05, 4.69) is 29.4 Å². The maximum Gasteiger partial charge on any atom is 0.220 e. The highest BCUT2D eigenvalue weighted by Crippen LogP contribution is 2.25. The van der Waals surface area contributed by atoms with Gasteiger partial charge in [-0.3, -0.25) is 4.79 Å². The lowest BCUT2D eigenvalue weighted by Crippen LogP contribution is -2.48. The van der Waals surface area contributed by atoms with E-state index >= 15 is 0 Å².